The third-order valence-corrected chi connectivity index (χ3v) is 2.89. The Morgan fingerprint density at radius 3 is 2.68 bits per heavy atom. The molecular formula is C16H16O3. The van der Waals surface area contributed by atoms with Gasteiger partial charge in [0.1, 0.15) is 11.3 Å². The fourth-order valence-corrected chi connectivity index (χ4v) is 1.89. The van der Waals surface area contributed by atoms with Crippen molar-refractivity contribution < 1.29 is 14.6 Å². The second kappa shape index (κ2) is 5.57. The largest absolute Gasteiger partial charge is 0.492 e. The molecule has 0 aliphatic rings. The first-order chi connectivity index (χ1) is 9.09. The molecule has 1 N–H and O–H groups in total. The molecule has 0 unspecified atom stereocenters. The summed E-state index contributed by atoms with van der Waals surface area (Å²) >= 11 is 0. The molecule has 2 rings (SSSR count). The second-order valence-corrected chi connectivity index (χ2v) is 4.52. The molecule has 0 saturated carbocycles. The van der Waals surface area contributed by atoms with Crippen molar-refractivity contribution in [1.29, 1.82) is 0 Å². The van der Waals surface area contributed by atoms with Gasteiger partial charge in [0.25, 0.3) is 0 Å². The van der Waals surface area contributed by atoms with Gasteiger partial charge in [0.2, 0.25) is 0 Å². The summed E-state index contributed by atoms with van der Waals surface area (Å²) in [6.07, 6.45) is 0.711. The Morgan fingerprint density at radius 1 is 1.26 bits per heavy atom. The zero-order valence-electron chi connectivity index (χ0n) is 10.8. The molecule has 2 aromatic rings. The monoisotopic (exact) mass is 256 g/mol. The molecular weight excluding hydrogens is 240 g/mol. The number of rotatable bonds is 5. The molecule has 0 aliphatic heterocycles. The molecule has 0 bridgehead atoms. The van der Waals surface area contributed by atoms with E-state index in [4.69, 9.17) is 4.74 Å². The van der Waals surface area contributed by atoms with Crippen molar-refractivity contribution in [2.24, 2.45) is 0 Å². The number of hydrogen-bond acceptors (Lipinski definition) is 2. The van der Waals surface area contributed by atoms with Gasteiger partial charge in [-0.2, -0.15) is 0 Å². The van der Waals surface area contributed by atoms with Crippen LogP contribution in [0.25, 0.3) is 10.8 Å². The average Bonchev–Trinajstić information content (AvgIpc) is 2.38. The van der Waals surface area contributed by atoms with Gasteiger partial charge in [-0.15, -0.1) is 6.58 Å². The van der Waals surface area contributed by atoms with E-state index in [1.165, 1.54) is 0 Å². The van der Waals surface area contributed by atoms with Crippen LogP contribution in [0.15, 0.2) is 48.6 Å². The van der Waals surface area contributed by atoms with Gasteiger partial charge in [-0.3, -0.25) is 0 Å². The van der Waals surface area contributed by atoms with E-state index < -0.39 is 5.97 Å². The average molecular weight is 256 g/mol. The maximum absolute atomic E-state index is 11.3. The van der Waals surface area contributed by atoms with Crippen molar-refractivity contribution in [2.45, 2.75) is 13.3 Å². The first kappa shape index (κ1) is 13.1. The van der Waals surface area contributed by atoms with Gasteiger partial charge in [0.05, 0.1) is 6.61 Å². The molecule has 3 heteroatoms. The van der Waals surface area contributed by atoms with E-state index in [9.17, 15) is 9.90 Å². The maximum atomic E-state index is 11.3. The van der Waals surface area contributed by atoms with Crippen LogP contribution in [-0.2, 0) is 0 Å². The van der Waals surface area contributed by atoms with Crippen molar-refractivity contribution in [1.82, 2.24) is 0 Å². The maximum Gasteiger partial charge on any atom is 0.339 e. The molecule has 19 heavy (non-hydrogen) atoms. The second-order valence-electron chi connectivity index (χ2n) is 4.52. The highest BCUT2D eigenvalue weighted by molar-refractivity contribution is 6.00. The van der Waals surface area contributed by atoms with Crippen molar-refractivity contribution in [2.75, 3.05) is 6.61 Å². The normalized spacial score (nSPS) is 10.4. The Kier molecular flexibility index (Phi) is 3.85. The molecule has 0 radical (unpaired) electrons. The van der Waals surface area contributed by atoms with E-state index in [0.717, 1.165) is 16.3 Å². The molecule has 0 saturated heterocycles. The van der Waals surface area contributed by atoms with Gasteiger partial charge in [0.15, 0.2) is 0 Å². The summed E-state index contributed by atoms with van der Waals surface area (Å²) in [6.45, 7) is 6.17. The zero-order chi connectivity index (χ0) is 13.8. The van der Waals surface area contributed by atoms with E-state index in [1.54, 1.807) is 12.1 Å². The van der Waals surface area contributed by atoms with Crippen LogP contribution in [0.2, 0.25) is 0 Å². The molecule has 0 amide bonds. The Balaban J connectivity index is 2.43. The number of carbonyl (C=O) groups is 1. The minimum absolute atomic E-state index is 0.195. The van der Waals surface area contributed by atoms with Gasteiger partial charge in [0, 0.05) is 11.8 Å². The summed E-state index contributed by atoms with van der Waals surface area (Å²) in [5.41, 5.74) is 1.21. The van der Waals surface area contributed by atoms with Crippen LogP contribution in [0, 0.1) is 0 Å². The van der Waals surface area contributed by atoms with E-state index in [1.807, 2.05) is 31.2 Å². The van der Waals surface area contributed by atoms with E-state index >= 15 is 0 Å². The van der Waals surface area contributed by atoms with Crippen LogP contribution in [0.4, 0.5) is 0 Å². The first-order valence-corrected chi connectivity index (χ1v) is 6.12. The Bertz CT molecular complexity index is 629. The Morgan fingerprint density at radius 2 is 2.00 bits per heavy atom. The summed E-state index contributed by atoms with van der Waals surface area (Å²) < 4.78 is 5.68. The lowest BCUT2D eigenvalue weighted by molar-refractivity contribution is 0.0692. The first-order valence-electron chi connectivity index (χ1n) is 6.12. The lowest BCUT2D eigenvalue weighted by Gasteiger charge is -2.12. The van der Waals surface area contributed by atoms with Crippen LogP contribution in [0.5, 0.6) is 5.75 Å². The zero-order valence-corrected chi connectivity index (χ0v) is 10.8. The van der Waals surface area contributed by atoms with Crippen LogP contribution in [0.1, 0.15) is 23.7 Å². The summed E-state index contributed by atoms with van der Waals surface area (Å²) in [7, 11) is 0. The van der Waals surface area contributed by atoms with E-state index in [-0.39, 0.29) is 5.56 Å². The number of aromatic carboxylic acids is 1. The lowest BCUT2D eigenvalue weighted by atomic mass is 10.1. The molecule has 0 heterocycles. The molecule has 0 spiro atoms. The predicted octanol–water partition coefficient (Wildman–Crippen LogP) is 3.88. The van der Waals surface area contributed by atoms with Gasteiger partial charge in [-0.1, -0.05) is 35.9 Å². The molecule has 0 atom stereocenters. The molecule has 0 aliphatic carbocycles. The predicted molar refractivity (Wildman–Crippen MR) is 75.8 cm³/mol. The van der Waals surface area contributed by atoms with Crippen molar-refractivity contribution in [3.8, 4) is 5.75 Å². The summed E-state index contributed by atoms with van der Waals surface area (Å²) in [5.74, 6) is -0.539. The van der Waals surface area contributed by atoms with Crippen molar-refractivity contribution in [3.63, 3.8) is 0 Å². The summed E-state index contributed by atoms with van der Waals surface area (Å²) in [6, 6.07) is 11.0. The van der Waals surface area contributed by atoms with Crippen LogP contribution in [0.3, 0.4) is 0 Å². The number of ether oxygens (including phenoxy) is 1. The third-order valence-electron chi connectivity index (χ3n) is 2.89. The highest BCUT2D eigenvalue weighted by Crippen LogP contribution is 2.30. The molecule has 0 aromatic heterocycles. The van der Waals surface area contributed by atoms with Gasteiger partial charge in [-0.05, 0) is 18.4 Å². The lowest BCUT2D eigenvalue weighted by Crippen LogP contribution is -2.05. The topological polar surface area (TPSA) is 46.5 Å². The van der Waals surface area contributed by atoms with E-state index in [2.05, 4.69) is 6.58 Å². The number of carboxylic acid groups (broad SMARTS) is 1. The van der Waals surface area contributed by atoms with Crippen LogP contribution in [-0.4, -0.2) is 17.7 Å². The quantitative estimate of drug-likeness (QED) is 0.826. The van der Waals surface area contributed by atoms with Crippen molar-refractivity contribution in [3.05, 3.63) is 54.1 Å². The SMILES string of the molecule is C=C(C)CCOc1c(C(=O)O)ccc2ccccc12. The third kappa shape index (κ3) is 2.94. The Labute approximate surface area is 112 Å². The molecule has 0 fully saturated rings. The van der Waals surface area contributed by atoms with Crippen molar-refractivity contribution >= 4 is 16.7 Å². The number of carboxylic acids is 1. The molecule has 3 nitrogen and oxygen atoms in total. The van der Waals surface area contributed by atoms with Gasteiger partial charge >= 0.3 is 5.97 Å². The van der Waals surface area contributed by atoms with Gasteiger partial charge in [-0.25, -0.2) is 4.79 Å². The number of hydrogen-bond donors (Lipinski definition) is 1. The molecule has 2 aromatic carbocycles. The smallest absolute Gasteiger partial charge is 0.339 e. The summed E-state index contributed by atoms with van der Waals surface area (Å²) in [5, 5.41) is 11.0. The minimum Gasteiger partial charge on any atom is -0.492 e. The van der Waals surface area contributed by atoms with Crippen LogP contribution >= 0.6 is 0 Å². The van der Waals surface area contributed by atoms with E-state index in [0.29, 0.717) is 18.8 Å². The van der Waals surface area contributed by atoms with Gasteiger partial charge < -0.3 is 9.84 Å². The fraction of sp³-hybridized carbons (Fsp3) is 0.188. The highest BCUT2D eigenvalue weighted by Gasteiger charge is 2.14. The fourth-order valence-electron chi connectivity index (χ4n) is 1.89. The standard InChI is InChI=1S/C16H16O3/c1-11(2)9-10-19-15-13-6-4-3-5-12(13)7-8-14(15)16(17)18/h3-8H,1,9-10H2,2H3,(H,17,18). The minimum atomic E-state index is -0.976. The summed E-state index contributed by atoms with van der Waals surface area (Å²) in [4.78, 5) is 11.3. The Hall–Kier alpha value is -2.29. The number of benzene rings is 2. The van der Waals surface area contributed by atoms with Crippen LogP contribution < -0.4 is 4.74 Å². The number of fused-ring (bicyclic) bond motifs is 1. The highest BCUT2D eigenvalue weighted by atomic mass is 16.5. The molecule has 98 valence electrons.